The maximum atomic E-state index is 5.55. The van der Waals surface area contributed by atoms with Crippen LogP contribution in [0.5, 0.6) is 0 Å². The number of furan rings is 1. The summed E-state index contributed by atoms with van der Waals surface area (Å²) in [6.07, 6.45) is 2.07. The molecule has 0 aliphatic rings. The predicted octanol–water partition coefficient (Wildman–Crippen LogP) is 2.25. The van der Waals surface area contributed by atoms with Gasteiger partial charge in [0.2, 0.25) is 0 Å². The molecule has 0 unspecified atom stereocenters. The number of ether oxygens (including phenoxy) is 1. The highest BCUT2D eigenvalue weighted by molar-refractivity contribution is 5.16. The van der Waals surface area contributed by atoms with Gasteiger partial charge in [-0.1, -0.05) is 6.92 Å². The van der Waals surface area contributed by atoms with Gasteiger partial charge in [-0.15, -0.1) is 0 Å². The average Bonchev–Trinajstić information content (AvgIpc) is 2.73. The molecule has 1 N–H and O–H groups in total. The maximum Gasteiger partial charge on any atom is 0.122 e. The van der Waals surface area contributed by atoms with Crippen molar-refractivity contribution in [3.63, 3.8) is 0 Å². The van der Waals surface area contributed by atoms with E-state index in [1.807, 2.05) is 6.07 Å². The lowest BCUT2D eigenvalue weighted by atomic mass is 10.2. The summed E-state index contributed by atoms with van der Waals surface area (Å²) in [6, 6.07) is 2.05. The van der Waals surface area contributed by atoms with Gasteiger partial charge in [0, 0.05) is 18.7 Å². The van der Waals surface area contributed by atoms with Crippen LogP contribution in [0.4, 0.5) is 0 Å². The highest BCUT2D eigenvalue weighted by Gasteiger charge is 2.08. The zero-order valence-electron chi connectivity index (χ0n) is 12.0. The summed E-state index contributed by atoms with van der Waals surface area (Å²) in [5.74, 6) is 1.04. The molecule has 0 aliphatic carbocycles. The van der Waals surface area contributed by atoms with Crippen LogP contribution < -0.4 is 5.32 Å². The quantitative estimate of drug-likeness (QED) is 0.733. The van der Waals surface area contributed by atoms with Crippen molar-refractivity contribution < 1.29 is 9.15 Å². The highest BCUT2D eigenvalue weighted by atomic mass is 16.5. The average molecular weight is 254 g/mol. The summed E-state index contributed by atoms with van der Waals surface area (Å²) in [5.41, 5.74) is 1.25. The van der Waals surface area contributed by atoms with E-state index in [1.54, 1.807) is 6.26 Å². The summed E-state index contributed by atoms with van der Waals surface area (Å²) in [6.45, 7) is 10.6. The van der Waals surface area contributed by atoms with Gasteiger partial charge in [-0.2, -0.15) is 0 Å². The van der Waals surface area contributed by atoms with Crippen LogP contribution in [-0.2, 0) is 17.8 Å². The molecule has 0 amide bonds. The van der Waals surface area contributed by atoms with Crippen molar-refractivity contribution in [2.24, 2.45) is 0 Å². The third-order valence-corrected chi connectivity index (χ3v) is 2.74. The Hall–Kier alpha value is -0.840. The molecule has 104 valence electrons. The minimum Gasteiger partial charge on any atom is -0.468 e. The first-order valence-electron chi connectivity index (χ1n) is 6.69. The van der Waals surface area contributed by atoms with E-state index in [0.717, 1.165) is 38.5 Å². The van der Waals surface area contributed by atoms with Crippen LogP contribution in [0.2, 0.25) is 0 Å². The molecule has 4 nitrogen and oxygen atoms in total. The Labute approximate surface area is 110 Å². The minimum absolute atomic E-state index is 0.302. The normalized spacial score (nSPS) is 11.7. The molecule has 1 heterocycles. The first-order valence-corrected chi connectivity index (χ1v) is 6.69. The Bertz CT molecular complexity index is 323. The van der Waals surface area contributed by atoms with Crippen molar-refractivity contribution in [3.05, 3.63) is 23.7 Å². The van der Waals surface area contributed by atoms with Gasteiger partial charge >= 0.3 is 0 Å². The molecule has 0 aliphatic heterocycles. The molecular weight excluding hydrogens is 228 g/mol. The van der Waals surface area contributed by atoms with Crippen LogP contribution in [0.15, 0.2) is 16.7 Å². The SMILES string of the molecule is CCNCc1occc1CN(C)CCOC(C)C. The van der Waals surface area contributed by atoms with Crippen molar-refractivity contribution >= 4 is 0 Å². The molecule has 0 spiro atoms. The van der Waals surface area contributed by atoms with Gasteiger partial charge in [-0.3, -0.25) is 4.90 Å². The van der Waals surface area contributed by atoms with Gasteiger partial charge in [0.05, 0.1) is 25.5 Å². The topological polar surface area (TPSA) is 37.6 Å². The van der Waals surface area contributed by atoms with E-state index in [-0.39, 0.29) is 0 Å². The zero-order chi connectivity index (χ0) is 13.4. The van der Waals surface area contributed by atoms with E-state index in [2.05, 4.69) is 38.0 Å². The molecule has 0 aromatic carbocycles. The number of likely N-dealkylation sites (N-methyl/N-ethyl adjacent to an activating group) is 1. The smallest absolute Gasteiger partial charge is 0.122 e. The number of nitrogens with zero attached hydrogens (tertiary/aromatic N) is 1. The van der Waals surface area contributed by atoms with E-state index >= 15 is 0 Å². The molecule has 1 rings (SSSR count). The second kappa shape index (κ2) is 8.29. The van der Waals surface area contributed by atoms with Crippen LogP contribution in [0.1, 0.15) is 32.1 Å². The Balaban J connectivity index is 2.34. The van der Waals surface area contributed by atoms with E-state index in [9.17, 15) is 0 Å². The van der Waals surface area contributed by atoms with Crippen molar-refractivity contribution in [3.8, 4) is 0 Å². The Morgan fingerprint density at radius 1 is 1.44 bits per heavy atom. The van der Waals surface area contributed by atoms with Crippen LogP contribution in [0.25, 0.3) is 0 Å². The van der Waals surface area contributed by atoms with E-state index in [1.165, 1.54) is 5.56 Å². The van der Waals surface area contributed by atoms with Gasteiger partial charge in [-0.05, 0) is 33.5 Å². The summed E-state index contributed by atoms with van der Waals surface area (Å²) in [7, 11) is 2.10. The van der Waals surface area contributed by atoms with Crippen molar-refractivity contribution in [1.82, 2.24) is 10.2 Å². The molecule has 0 fully saturated rings. The number of rotatable bonds is 9. The third-order valence-electron chi connectivity index (χ3n) is 2.74. The lowest BCUT2D eigenvalue weighted by Crippen LogP contribution is -2.24. The second-order valence-corrected chi connectivity index (χ2v) is 4.81. The van der Waals surface area contributed by atoms with Crippen LogP contribution in [-0.4, -0.2) is 37.7 Å². The van der Waals surface area contributed by atoms with Gasteiger partial charge in [0.1, 0.15) is 5.76 Å². The molecule has 0 atom stereocenters. The van der Waals surface area contributed by atoms with E-state index in [0.29, 0.717) is 6.10 Å². The molecule has 0 saturated carbocycles. The number of hydrogen-bond donors (Lipinski definition) is 1. The van der Waals surface area contributed by atoms with Crippen molar-refractivity contribution in [2.75, 3.05) is 26.7 Å². The van der Waals surface area contributed by atoms with Crippen molar-refractivity contribution in [2.45, 2.75) is 40.0 Å². The van der Waals surface area contributed by atoms with E-state index < -0.39 is 0 Å². The standard InChI is InChI=1S/C14H26N2O2/c1-5-15-10-14-13(6-8-18-14)11-16(4)7-9-17-12(2)3/h6,8,12,15H,5,7,9-11H2,1-4H3. The fourth-order valence-corrected chi connectivity index (χ4v) is 1.72. The van der Waals surface area contributed by atoms with Crippen molar-refractivity contribution in [1.29, 1.82) is 0 Å². The van der Waals surface area contributed by atoms with Gasteiger partial charge in [0.25, 0.3) is 0 Å². The predicted molar refractivity (Wildman–Crippen MR) is 73.5 cm³/mol. The first kappa shape index (κ1) is 15.2. The monoisotopic (exact) mass is 254 g/mol. The van der Waals surface area contributed by atoms with Gasteiger partial charge in [0.15, 0.2) is 0 Å². The number of nitrogens with one attached hydrogen (secondary N) is 1. The molecule has 0 radical (unpaired) electrons. The lowest BCUT2D eigenvalue weighted by Gasteiger charge is -2.17. The van der Waals surface area contributed by atoms with E-state index in [4.69, 9.17) is 9.15 Å². The highest BCUT2D eigenvalue weighted by Crippen LogP contribution is 2.12. The van der Waals surface area contributed by atoms with Crippen LogP contribution in [0, 0.1) is 0 Å². The summed E-state index contributed by atoms with van der Waals surface area (Å²) in [4.78, 5) is 2.25. The molecule has 0 bridgehead atoms. The number of hydrogen-bond acceptors (Lipinski definition) is 4. The molecule has 1 aromatic heterocycles. The molecule has 4 heteroatoms. The Morgan fingerprint density at radius 3 is 2.89 bits per heavy atom. The zero-order valence-corrected chi connectivity index (χ0v) is 12.0. The third kappa shape index (κ3) is 5.67. The summed E-state index contributed by atoms with van der Waals surface area (Å²) < 4.78 is 11.0. The largest absolute Gasteiger partial charge is 0.468 e. The first-order chi connectivity index (χ1) is 8.63. The Morgan fingerprint density at radius 2 is 2.22 bits per heavy atom. The molecule has 1 aromatic rings. The Kier molecular flexibility index (Phi) is 7.01. The van der Waals surface area contributed by atoms with Crippen LogP contribution >= 0.6 is 0 Å². The fourth-order valence-electron chi connectivity index (χ4n) is 1.72. The minimum atomic E-state index is 0.302. The van der Waals surface area contributed by atoms with Gasteiger partial charge < -0.3 is 14.5 Å². The maximum absolute atomic E-state index is 5.55. The van der Waals surface area contributed by atoms with Crippen LogP contribution in [0.3, 0.4) is 0 Å². The summed E-state index contributed by atoms with van der Waals surface area (Å²) in [5, 5.41) is 3.29. The molecular formula is C14H26N2O2. The second-order valence-electron chi connectivity index (χ2n) is 4.81. The van der Waals surface area contributed by atoms with Gasteiger partial charge in [-0.25, -0.2) is 0 Å². The molecule has 0 saturated heterocycles. The fraction of sp³-hybridized carbons (Fsp3) is 0.714. The summed E-state index contributed by atoms with van der Waals surface area (Å²) >= 11 is 0. The lowest BCUT2D eigenvalue weighted by molar-refractivity contribution is 0.0626. The molecule has 18 heavy (non-hydrogen) atoms.